The van der Waals surface area contributed by atoms with E-state index in [0.717, 1.165) is 28.0 Å². The Bertz CT molecular complexity index is 1590. The van der Waals surface area contributed by atoms with Crippen LogP contribution in [-0.2, 0) is 25.6 Å². The number of anilines is 1. The quantitative estimate of drug-likeness (QED) is 0.0501. The molecule has 49 heavy (non-hydrogen) atoms. The van der Waals surface area contributed by atoms with Crippen LogP contribution in [0.1, 0.15) is 30.4 Å². The lowest BCUT2D eigenvalue weighted by atomic mass is 10.1. The zero-order valence-corrected chi connectivity index (χ0v) is 28.0. The van der Waals surface area contributed by atoms with Gasteiger partial charge in [0.15, 0.2) is 18.2 Å². The van der Waals surface area contributed by atoms with Crippen LogP contribution >= 0.6 is 11.8 Å². The molecule has 15 heteroatoms. The summed E-state index contributed by atoms with van der Waals surface area (Å²) in [5.41, 5.74) is 1.50. The maximum Gasteiger partial charge on any atom is 0.332 e. The zero-order chi connectivity index (χ0) is 35.0. The molecule has 1 saturated heterocycles. The van der Waals surface area contributed by atoms with Crippen LogP contribution in [0.2, 0.25) is 0 Å². The van der Waals surface area contributed by atoms with Crippen LogP contribution in [0.4, 0.5) is 10.6 Å². The van der Waals surface area contributed by atoms with Crippen molar-refractivity contribution in [1.82, 2.24) is 9.88 Å². The van der Waals surface area contributed by atoms with E-state index in [1.807, 2.05) is 54.4 Å². The highest BCUT2D eigenvalue weighted by atomic mass is 32.2. The number of nitrogens with zero attached hydrogens (tertiary/aromatic N) is 4. The van der Waals surface area contributed by atoms with Crippen molar-refractivity contribution < 1.29 is 43.3 Å². The zero-order valence-electron chi connectivity index (χ0n) is 27.2. The number of aromatic nitrogens is 1. The van der Waals surface area contributed by atoms with E-state index in [2.05, 4.69) is 9.82 Å². The number of ether oxygens (including phenoxy) is 4. The standard InChI is InChI=1S/C34H38N4O10S/c1-36(31-8-4-5-17-35-31)18-21-45-27-13-9-26(10-14-27)23-30-33(40)37(34(41)49-30)24-47-32(39)16-12-25-11-15-28(29(22-25)44-2)46-19-6-3-7-20-48-38(42)43/h4-5,8-17,22,30H,3,6-7,18-21,23-24H2,1-2H3/b16-12+. The predicted octanol–water partition coefficient (Wildman–Crippen LogP) is 5.18. The number of benzene rings is 2. The van der Waals surface area contributed by atoms with Gasteiger partial charge in [0, 0.05) is 19.3 Å². The first-order chi connectivity index (χ1) is 23.7. The monoisotopic (exact) mass is 694 g/mol. The number of esters is 1. The van der Waals surface area contributed by atoms with Crippen molar-refractivity contribution in [2.75, 3.05) is 52.2 Å². The van der Waals surface area contributed by atoms with Crippen LogP contribution < -0.4 is 19.1 Å². The Labute approximate surface area is 288 Å². The van der Waals surface area contributed by atoms with Crippen LogP contribution in [0.25, 0.3) is 6.08 Å². The van der Waals surface area contributed by atoms with Crippen LogP contribution in [-0.4, -0.2) is 84.6 Å². The molecular formula is C34H38N4O10S. The number of imide groups is 1. The van der Waals surface area contributed by atoms with E-state index in [9.17, 15) is 24.5 Å². The van der Waals surface area contributed by atoms with Crippen LogP contribution in [0.5, 0.6) is 17.2 Å². The largest absolute Gasteiger partial charge is 0.493 e. The van der Waals surface area contributed by atoms with Gasteiger partial charge in [-0.2, -0.15) is 0 Å². The van der Waals surface area contributed by atoms with E-state index < -0.39 is 34.2 Å². The summed E-state index contributed by atoms with van der Waals surface area (Å²) in [6.45, 7) is 1.06. The molecule has 3 aromatic rings. The summed E-state index contributed by atoms with van der Waals surface area (Å²) in [5.74, 6) is 1.36. The smallest absolute Gasteiger partial charge is 0.332 e. The van der Waals surface area contributed by atoms with Gasteiger partial charge in [0.05, 0.1) is 32.1 Å². The minimum absolute atomic E-state index is 0.0454. The predicted molar refractivity (Wildman–Crippen MR) is 182 cm³/mol. The number of unbranched alkanes of at least 4 members (excludes halogenated alkanes) is 2. The van der Waals surface area contributed by atoms with E-state index in [0.29, 0.717) is 68.3 Å². The second-order valence-corrected chi connectivity index (χ2v) is 11.9. The van der Waals surface area contributed by atoms with Crippen molar-refractivity contribution >= 4 is 40.8 Å². The number of likely N-dealkylation sites (N-methyl/N-ethyl adjacent to an activating group) is 1. The molecule has 0 saturated carbocycles. The van der Waals surface area contributed by atoms with Gasteiger partial charge in [-0.3, -0.25) is 9.59 Å². The molecule has 1 fully saturated rings. The molecule has 2 heterocycles. The number of hydrogen-bond acceptors (Lipinski definition) is 13. The van der Waals surface area contributed by atoms with E-state index in [1.165, 1.54) is 19.3 Å². The number of rotatable bonds is 20. The Morgan fingerprint density at radius 3 is 2.55 bits per heavy atom. The first-order valence-electron chi connectivity index (χ1n) is 15.5. The third-order valence-corrected chi connectivity index (χ3v) is 8.34. The number of methoxy groups -OCH3 is 1. The van der Waals surface area contributed by atoms with Gasteiger partial charge < -0.3 is 28.7 Å². The Morgan fingerprint density at radius 1 is 1.02 bits per heavy atom. The SMILES string of the molecule is COc1cc(/C=C/C(=O)OCN2C(=O)SC(Cc3ccc(OCCN(C)c4ccccn4)cc3)C2=O)ccc1OCCCCCO[N+](=O)[O-]. The van der Waals surface area contributed by atoms with E-state index in [4.69, 9.17) is 18.9 Å². The number of amides is 2. The van der Waals surface area contributed by atoms with Crippen molar-refractivity contribution in [2.24, 2.45) is 0 Å². The van der Waals surface area contributed by atoms with E-state index in [-0.39, 0.29) is 6.61 Å². The first kappa shape index (κ1) is 36.5. The average Bonchev–Trinajstić information content (AvgIpc) is 3.37. The van der Waals surface area contributed by atoms with E-state index in [1.54, 1.807) is 24.4 Å². The summed E-state index contributed by atoms with van der Waals surface area (Å²) >= 11 is 0.904. The fourth-order valence-electron chi connectivity index (χ4n) is 4.62. The molecule has 1 unspecified atom stereocenters. The molecule has 0 N–H and O–H groups in total. The number of carbonyl (C=O) groups is 3. The summed E-state index contributed by atoms with van der Waals surface area (Å²) in [7, 11) is 3.43. The minimum atomic E-state index is -0.813. The summed E-state index contributed by atoms with van der Waals surface area (Å²) < 4.78 is 22.2. The molecule has 1 aliphatic rings. The molecule has 0 radical (unpaired) electrons. The normalized spacial score (nSPS) is 14.2. The lowest BCUT2D eigenvalue weighted by Gasteiger charge is -2.18. The van der Waals surface area contributed by atoms with Gasteiger partial charge in [-0.1, -0.05) is 36.0 Å². The van der Waals surface area contributed by atoms with Crippen molar-refractivity contribution in [1.29, 1.82) is 0 Å². The van der Waals surface area contributed by atoms with Crippen molar-refractivity contribution in [3.05, 3.63) is 94.2 Å². The van der Waals surface area contributed by atoms with Crippen LogP contribution in [0.3, 0.4) is 0 Å². The summed E-state index contributed by atoms with van der Waals surface area (Å²) in [6, 6.07) is 18.2. The number of hydrogen-bond donors (Lipinski definition) is 0. The number of thioether (sulfide) groups is 1. The van der Waals surface area contributed by atoms with Gasteiger partial charge in [0.2, 0.25) is 5.91 Å². The second kappa shape index (κ2) is 18.9. The van der Waals surface area contributed by atoms with Crippen molar-refractivity contribution in [2.45, 2.75) is 30.9 Å². The average molecular weight is 695 g/mol. The summed E-state index contributed by atoms with van der Waals surface area (Å²) in [5, 5.41) is 8.25. The fraction of sp³-hybridized carbons (Fsp3) is 0.353. The highest BCUT2D eigenvalue weighted by molar-refractivity contribution is 8.15. The first-order valence-corrected chi connectivity index (χ1v) is 16.4. The van der Waals surface area contributed by atoms with Gasteiger partial charge in [0.25, 0.3) is 10.3 Å². The molecule has 1 aromatic heterocycles. The molecule has 1 aliphatic heterocycles. The van der Waals surface area contributed by atoms with E-state index >= 15 is 0 Å². The number of pyridine rings is 1. The molecule has 0 bridgehead atoms. The molecule has 260 valence electrons. The topological polar surface area (TPSA) is 160 Å². The van der Waals surface area contributed by atoms with Crippen molar-refractivity contribution in [3.63, 3.8) is 0 Å². The molecule has 14 nitrogen and oxygen atoms in total. The molecule has 0 aliphatic carbocycles. The summed E-state index contributed by atoms with van der Waals surface area (Å²) in [4.78, 5) is 59.6. The highest BCUT2D eigenvalue weighted by Crippen LogP contribution is 2.31. The minimum Gasteiger partial charge on any atom is -0.493 e. The Kier molecular flexibility index (Phi) is 14.1. The fourth-order valence-corrected chi connectivity index (χ4v) is 5.64. The van der Waals surface area contributed by atoms with Crippen LogP contribution in [0, 0.1) is 10.1 Å². The molecule has 1 atom stereocenters. The Balaban J connectivity index is 1.17. The van der Waals surface area contributed by atoms with Crippen molar-refractivity contribution in [3.8, 4) is 17.2 Å². The Hall–Kier alpha value is -5.31. The van der Waals surface area contributed by atoms with Gasteiger partial charge in [-0.15, -0.1) is 10.1 Å². The van der Waals surface area contributed by atoms with Gasteiger partial charge in [-0.25, -0.2) is 14.7 Å². The maximum atomic E-state index is 13.0. The molecule has 0 spiro atoms. The molecule has 4 rings (SSSR count). The third-order valence-electron chi connectivity index (χ3n) is 7.26. The van der Waals surface area contributed by atoms with Gasteiger partial charge in [0.1, 0.15) is 18.2 Å². The van der Waals surface area contributed by atoms with Gasteiger partial charge >= 0.3 is 5.97 Å². The molecule has 2 aromatic carbocycles. The van der Waals surface area contributed by atoms with Crippen LogP contribution in [0.15, 0.2) is 72.9 Å². The second-order valence-electron chi connectivity index (χ2n) is 10.7. The third kappa shape index (κ3) is 11.7. The number of carbonyl (C=O) groups excluding carboxylic acids is 3. The molecule has 2 amide bonds. The van der Waals surface area contributed by atoms with Gasteiger partial charge in [-0.05, 0) is 79.3 Å². The highest BCUT2D eigenvalue weighted by Gasteiger charge is 2.40. The molecular weight excluding hydrogens is 656 g/mol. The Morgan fingerprint density at radius 2 is 1.82 bits per heavy atom. The lowest BCUT2D eigenvalue weighted by molar-refractivity contribution is -0.757. The maximum absolute atomic E-state index is 13.0. The summed E-state index contributed by atoms with van der Waals surface area (Å²) in [6.07, 6.45) is 6.70. The lowest BCUT2D eigenvalue weighted by Crippen LogP contribution is -2.34.